The van der Waals surface area contributed by atoms with Gasteiger partial charge in [-0.25, -0.2) is 9.03 Å². The van der Waals surface area contributed by atoms with Gasteiger partial charge in [0.1, 0.15) is 11.6 Å². The lowest BCUT2D eigenvalue weighted by molar-refractivity contribution is 0.0768. The topological polar surface area (TPSA) is 80.2 Å². The van der Waals surface area contributed by atoms with E-state index in [-0.39, 0.29) is 0 Å². The number of piperidine rings is 1. The zero-order valence-electron chi connectivity index (χ0n) is 18.0. The van der Waals surface area contributed by atoms with Crippen LogP contribution in [-0.4, -0.2) is 59.9 Å². The predicted octanol–water partition coefficient (Wildman–Crippen LogP) is 3.81. The Morgan fingerprint density at radius 2 is 1.76 bits per heavy atom. The molecule has 3 fully saturated rings. The summed E-state index contributed by atoms with van der Waals surface area (Å²) in [6, 6.07) is 2.99. The molecule has 1 aromatic heterocycles. The first kappa shape index (κ1) is 22.4. The normalized spacial score (nSPS) is 25.8. The van der Waals surface area contributed by atoms with Gasteiger partial charge < -0.3 is 9.64 Å². The van der Waals surface area contributed by atoms with Crippen LogP contribution >= 0.6 is 12.1 Å². The summed E-state index contributed by atoms with van der Waals surface area (Å²) >= 11 is 1.76. The molecule has 0 atom stereocenters. The van der Waals surface area contributed by atoms with Crippen molar-refractivity contribution in [2.24, 2.45) is 0 Å². The second-order valence-corrected chi connectivity index (χ2v) is 8.73. The Morgan fingerprint density at radius 1 is 1.07 bits per heavy atom. The molecular weight excluding hydrogens is 384 g/mol. The van der Waals surface area contributed by atoms with Gasteiger partial charge in [0.2, 0.25) is 0 Å². The minimum Gasteiger partial charge on any atom is -0.379 e. The van der Waals surface area contributed by atoms with Crippen LogP contribution in [0.25, 0.3) is 0 Å². The Morgan fingerprint density at radius 3 is 2.41 bits per heavy atom. The quantitative estimate of drug-likeness (QED) is 0.701. The van der Waals surface area contributed by atoms with Crippen LogP contribution in [-0.2, 0) is 4.74 Å². The summed E-state index contributed by atoms with van der Waals surface area (Å²) in [5.41, 5.74) is 1.85. The summed E-state index contributed by atoms with van der Waals surface area (Å²) in [4.78, 5) is 2.29. The number of hydrogen-bond donors (Lipinski definition) is 2. The lowest BCUT2D eigenvalue weighted by Gasteiger charge is -2.31. The number of H-pyrrole nitrogens is 1. The molecule has 1 aliphatic carbocycles. The van der Waals surface area contributed by atoms with E-state index in [1.807, 2.05) is 13.8 Å². The molecule has 8 heteroatoms. The summed E-state index contributed by atoms with van der Waals surface area (Å²) in [5.74, 6) is 1.31. The standard InChI is InChI=1S/C19H30N6OS.C2H6/c20-14-17-18(21-22-19(17)24-8-2-1-3-9-24)15-4-6-16(7-5-15)23-27-25-10-12-26-13-11-25;1-2/h15-16,23H,1-13H2,(H,21,22);1-2H3. The Balaban J connectivity index is 0.00000117. The van der Waals surface area contributed by atoms with Gasteiger partial charge in [0.25, 0.3) is 0 Å². The Hall–Kier alpha value is -1.27. The number of aromatic nitrogens is 2. The van der Waals surface area contributed by atoms with Gasteiger partial charge >= 0.3 is 0 Å². The fourth-order valence-corrected chi connectivity index (χ4v) is 5.24. The highest BCUT2D eigenvalue weighted by molar-refractivity contribution is 7.95. The predicted molar refractivity (Wildman–Crippen MR) is 119 cm³/mol. The highest BCUT2D eigenvalue weighted by Gasteiger charge is 2.29. The zero-order chi connectivity index (χ0) is 20.5. The number of ether oxygens (including phenoxy) is 1. The molecule has 1 aromatic rings. The fraction of sp³-hybridized carbons (Fsp3) is 0.810. The van der Waals surface area contributed by atoms with Gasteiger partial charge in [-0.3, -0.25) is 5.10 Å². The number of hydrogen-bond acceptors (Lipinski definition) is 7. The van der Waals surface area contributed by atoms with Gasteiger partial charge in [-0.05, 0) is 44.9 Å². The summed E-state index contributed by atoms with van der Waals surface area (Å²) < 4.78 is 11.4. The Kier molecular flexibility index (Phi) is 9.12. The van der Waals surface area contributed by atoms with E-state index < -0.39 is 0 Å². The van der Waals surface area contributed by atoms with Crippen LogP contribution in [0.5, 0.6) is 0 Å². The zero-order valence-corrected chi connectivity index (χ0v) is 18.8. The largest absolute Gasteiger partial charge is 0.379 e. The lowest BCUT2D eigenvalue weighted by Crippen LogP contribution is -2.37. The van der Waals surface area contributed by atoms with Crippen LogP contribution in [0.4, 0.5) is 5.82 Å². The van der Waals surface area contributed by atoms with E-state index in [1.54, 1.807) is 12.1 Å². The maximum Gasteiger partial charge on any atom is 0.168 e. The van der Waals surface area contributed by atoms with E-state index in [2.05, 4.69) is 30.2 Å². The van der Waals surface area contributed by atoms with Gasteiger partial charge in [-0.2, -0.15) is 10.4 Å². The molecule has 0 spiro atoms. The highest BCUT2D eigenvalue weighted by atomic mass is 32.2. The summed E-state index contributed by atoms with van der Waals surface area (Å²) in [6.07, 6.45) is 8.19. The van der Waals surface area contributed by atoms with Gasteiger partial charge in [0.15, 0.2) is 5.82 Å². The van der Waals surface area contributed by atoms with E-state index in [0.29, 0.717) is 12.0 Å². The van der Waals surface area contributed by atoms with Crippen molar-refractivity contribution in [1.29, 1.82) is 5.26 Å². The second kappa shape index (κ2) is 11.8. The van der Waals surface area contributed by atoms with Crippen molar-refractivity contribution in [3.8, 4) is 6.07 Å². The fourth-order valence-electron chi connectivity index (χ4n) is 4.37. The number of aromatic amines is 1. The molecule has 0 amide bonds. The second-order valence-electron chi connectivity index (χ2n) is 7.79. The van der Waals surface area contributed by atoms with E-state index in [0.717, 1.165) is 82.2 Å². The average Bonchev–Trinajstić information content (AvgIpc) is 3.25. The van der Waals surface area contributed by atoms with Gasteiger partial charge in [-0.15, -0.1) is 0 Å². The molecule has 3 heterocycles. The molecule has 0 aromatic carbocycles. The summed E-state index contributed by atoms with van der Waals surface area (Å²) in [6.45, 7) is 9.69. The third-order valence-electron chi connectivity index (χ3n) is 6.00. The highest BCUT2D eigenvalue weighted by Crippen LogP contribution is 2.37. The number of rotatable bonds is 5. The van der Waals surface area contributed by atoms with Gasteiger partial charge in [-0.1, -0.05) is 13.8 Å². The molecule has 1 saturated carbocycles. The average molecular weight is 421 g/mol. The minimum absolute atomic E-state index is 0.428. The van der Waals surface area contributed by atoms with Crippen LogP contribution in [0.15, 0.2) is 0 Å². The van der Waals surface area contributed by atoms with Crippen molar-refractivity contribution >= 4 is 18.0 Å². The molecule has 3 aliphatic rings. The first-order valence-electron chi connectivity index (χ1n) is 11.3. The number of nitriles is 1. The summed E-state index contributed by atoms with van der Waals surface area (Å²) in [7, 11) is 0. The number of nitrogens with zero attached hydrogens (tertiary/aromatic N) is 4. The SMILES string of the molecule is CC.N#Cc1c(N2CCCCC2)n[nH]c1C1CCC(NSN2CCOCC2)CC1. The maximum atomic E-state index is 9.76. The smallest absolute Gasteiger partial charge is 0.168 e. The van der Waals surface area contributed by atoms with E-state index in [4.69, 9.17) is 4.74 Å². The molecule has 7 nitrogen and oxygen atoms in total. The first-order chi connectivity index (χ1) is 14.3. The van der Waals surface area contributed by atoms with Crippen molar-refractivity contribution in [3.05, 3.63) is 11.3 Å². The third-order valence-corrected chi connectivity index (χ3v) is 7.06. The van der Waals surface area contributed by atoms with Crippen LogP contribution in [0.2, 0.25) is 0 Å². The summed E-state index contributed by atoms with van der Waals surface area (Å²) in [5, 5.41) is 17.5. The van der Waals surface area contributed by atoms with Crippen LogP contribution in [0.3, 0.4) is 0 Å². The van der Waals surface area contributed by atoms with Gasteiger partial charge in [0.05, 0.1) is 18.9 Å². The van der Waals surface area contributed by atoms with E-state index in [1.165, 1.54) is 19.3 Å². The molecule has 2 saturated heterocycles. The Bertz CT molecular complexity index is 640. The molecular formula is C21H36N6OS. The van der Waals surface area contributed by atoms with Crippen LogP contribution < -0.4 is 9.62 Å². The third kappa shape index (κ3) is 5.88. The minimum atomic E-state index is 0.428. The van der Waals surface area contributed by atoms with E-state index >= 15 is 0 Å². The maximum absolute atomic E-state index is 9.76. The van der Waals surface area contributed by atoms with Crippen LogP contribution in [0.1, 0.15) is 76.0 Å². The van der Waals surface area contributed by atoms with Crippen molar-refractivity contribution in [2.75, 3.05) is 44.3 Å². The number of morpholine rings is 1. The number of anilines is 1. The Labute approximate surface area is 179 Å². The van der Waals surface area contributed by atoms with Gasteiger partial charge in [0, 0.05) is 50.3 Å². The van der Waals surface area contributed by atoms with Crippen LogP contribution in [0, 0.1) is 11.3 Å². The van der Waals surface area contributed by atoms with Crippen molar-refractivity contribution in [1.82, 2.24) is 19.2 Å². The monoisotopic (exact) mass is 420 g/mol. The lowest BCUT2D eigenvalue weighted by atomic mass is 9.83. The van der Waals surface area contributed by atoms with Crippen molar-refractivity contribution in [2.45, 2.75) is 70.8 Å². The van der Waals surface area contributed by atoms with Crippen molar-refractivity contribution < 1.29 is 4.74 Å². The molecule has 0 radical (unpaired) electrons. The molecule has 2 aliphatic heterocycles. The molecule has 0 unspecified atom stereocenters. The number of nitrogens with one attached hydrogen (secondary N) is 2. The molecule has 162 valence electrons. The van der Waals surface area contributed by atoms with E-state index in [9.17, 15) is 5.26 Å². The molecule has 4 rings (SSSR count). The molecule has 0 bridgehead atoms. The molecule has 2 N–H and O–H groups in total. The molecule has 29 heavy (non-hydrogen) atoms. The van der Waals surface area contributed by atoms with Crippen molar-refractivity contribution in [3.63, 3.8) is 0 Å². The first-order valence-corrected chi connectivity index (χ1v) is 12.1.